The van der Waals surface area contributed by atoms with Crippen LogP contribution in [0, 0.1) is 6.92 Å². The number of fused-ring (bicyclic) bond motifs is 1. The molecule has 2 aromatic carbocycles. The van der Waals surface area contributed by atoms with E-state index in [0.29, 0.717) is 0 Å². The standard InChI is InChI=1S/C22H28N2O2/c1-14-10-11-21(26-5)19(12-14)16(3)23-17(4)22(25)24-15(2)13-18-8-6-7-9-20(18)24/h6-12,15-17,23H,13H2,1-5H3. The van der Waals surface area contributed by atoms with Gasteiger partial charge in [0.15, 0.2) is 0 Å². The van der Waals surface area contributed by atoms with E-state index >= 15 is 0 Å². The summed E-state index contributed by atoms with van der Waals surface area (Å²) in [5, 5.41) is 3.45. The summed E-state index contributed by atoms with van der Waals surface area (Å²) >= 11 is 0. The van der Waals surface area contributed by atoms with Gasteiger partial charge in [-0.25, -0.2) is 0 Å². The van der Waals surface area contributed by atoms with E-state index in [9.17, 15) is 4.79 Å². The molecule has 0 fully saturated rings. The van der Waals surface area contributed by atoms with Crippen molar-refractivity contribution in [3.05, 3.63) is 59.2 Å². The maximum Gasteiger partial charge on any atom is 0.244 e. The Labute approximate surface area is 156 Å². The predicted molar refractivity (Wildman–Crippen MR) is 106 cm³/mol. The number of para-hydroxylation sites is 1. The molecule has 0 radical (unpaired) electrons. The van der Waals surface area contributed by atoms with Gasteiger partial charge in [0.25, 0.3) is 0 Å². The zero-order valence-corrected chi connectivity index (χ0v) is 16.2. The number of aryl methyl sites for hydroxylation is 1. The summed E-state index contributed by atoms with van der Waals surface area (Å²) in [4.78, 5) is 15.1. The summed E-state index contributed by atoms with van der Waals surface area (Å²) in [6.07, 6.45) is 0.913. The highest BCUT2D eigenvalue weighted by molar-refractivity contribution is 5.99. The molecule has 0 aromatic heterocycles. The van der Waals surface area contributed by atoms with Gasteiger partial charge in [-0.3, -0.25) is 10.1 Å². The van der Waals surface area contributed by atoms with Crippen LogP contribution in [0.1, 0.15) is 43.5 Å². The van der Waals surface area contributed by atoms with Gasteiger partial charge in [-0.05, 0) is 51.8 Å². The summed E-state index contributed by atoms with van der Waals surface area (Å²) in [6, 6.07) is 14.2. The third-order valence-corrected chi connectivity index (χ3v) is 5.17. The van der Waals surface area contributed by atoms with Crippen molar-refractivity contribution in [2.75, 3.05) is 12.0 Å². The molecule has 1 amide bonds. The molecule has 0 aliphatic carbocycles. The highest BCUT2D eigenvalue weighted by atomic mass is 16.5. The number of carbonyl (C=O) groups excluding carboxylic acids is 1. The lowest BCUT2D eigenvalue weighted by Gasteiger charge is -2.28. The molecule has 4 heteroatoms. The summed E-state index contributed by atoms with van der Waals surface area (Å²) in [7, 11) is 1.68. The first-order valence-corrected chi connectivity index (χ1v) is 9.24. The molecule has 1 aliphatic heterocycles. The first kappa shape index (κ1) is 18.5. The molecule has 4 nitrogen and oxygen atoms in total. The van der Waals surface area contributed by atoms with Crippen LogP contribution < -0.4 is 15.0 Å². The van der Waals surface area contributed by atoms with Crippen molar-refractivity contribution < 1.29 is 9.53 Å². The second-order valence-electron chi connectivity index (χ2n) is 7.25. The Morgan fingerprint density at radius 2 is 1.96 bits per heavy atom. The maximum atomic E-state index is 13.1. The molecular formula is C22H28N2O2. The number of rotatable bonds is 5. The molecule has 0 bridgehead atoms. The number of hydrogen-bond acceptors (Lipinski definition) is 3. The van der Waals surface area contributed by atoms with E-state index in [-0.39, 0.29) is 24.0 Å². The van der Waals surface area contributed by atoms with E-state index in [1.54, 1.807) is 7.11 Å². The van der Waals surface area contributed by atoms with Crippen LogP contribution in [0.15, 0.2) is 42.5 Å². The molecule has 0 spiro atoms. The average Bonchev–Trinajstić information content (AvgIpc) is 2.96. The quantitative estimate of drug-likeness (QED) is 0.884. The van der Waals surface area contributed by atoms with E-state index in [1.807, 2.05) is 42.2 Å². The zero-order chi connectivity index (χ0) is 18.8. The largest absolute Gasteiger partial charge is 0.496 e. The fourth-order valence-electron chi connectivity index (χ4n) is 3.84. The van der Waals surface area contributed by atoms with Crippen LogP contribution in [-0.2, 0) is 11.2 Å². The van der Waals surface area contributed by atoms with Crippen molar-refractivity contribution in [1.29, 1.82) is 0 Å². The lowest BCUT2D eigenvalue weighted by molar-refractivity contribution is -0.120. The number of nitrogens with zero attached hydrogens (tertiary/aromatic N) is 1. The second kappa shape index (κ2) is 7.50. The topological polar surface area (TPSA) is 41.6 Å². The number of hydrogen-bond donors (Lipinski definition) is 1. The first-order chi connectivity index (χ1) is 12.4. The Kier molecular flexibility index (Phi) is 5.33. The van der Waals surface area contributed by atoms with E-state index < -0.39 is 0 Å². The summed E-state index contributed by atoms with van der Waals surface area (Å²) in [6.45, 7) is 8.18. The van der Waals surface area contributed by atoms with Crippen LogP contribution in [0.5, 0.6) is 5.75 Å². The van der Waals surface area contributed by atoms with Gasteiger partial charge in [0, 0.05) is 23.3 Å². The molecular weight excluding hydrogens is 324 g/mol. The van der Waals surface area contributed by atoms with Gasteiger partial charge < -0.3 is 9.64 Å². The van der Waals surface area contributed by atoms with Gasteiger partial charge in [0.1, 0.15) is 5.75 Å². The van der Waals surface area contributed by atoms with Crippen LogP contribution in [0.2, 0.25) is 0 Å². The fourth-order valence-corrected chi connectivity index (χ4v) is 3.84. The summed E-state index contributed by atoms with van der Waals surface area (Å²) in [5.74, 6) is 0.955. The Morgan fingerprint density at radius 3 is 2.69 bits per heavy atom. The Bertz CT molecular complexity index is 802. The normalized spacial score (nSPS) is 18.3. The SMILES string of the molecule is COc1ccc(C)cc1C(C)NC(C)C(=O)N1c2ccccc2CC1C. The molecule has 26 heavy (non-hydrogen) atoms. The molecule has 1 heterocycles. The molecule has 138 valence electrons. The van der Waals surface area contributed by atoms with Crippen LogP contribution in [0.3, 0.4) is 0 Å². The Morgan fingerprint density at radius 1 is 1.23 bits per heavy atom. The number of nitrogens with one attached hydrogen (secondary N) is 1. The minimum atomic E-state index is -0.288. The summed E-state index contributed by atoms with van der Waals surface area (Å²) in [5.41, 5.74) is 4.53. The van der Waals surface area contributed by atoms with Gasteiger partial charge in [0.2, 0.25) is 5.91 Å². The number of benzene rings is 2. The molecule has 1 N–H and O–H groups in total. The number of ether oxygens (including phenoxy) is 1. The Balaban J connectivity index is 1.77. The van der Waals surface area contributed by atoms with Gasteiger partial charge in [0.05, 0.1) is 13.2 Å². The third kappa shape index (κ3) is 3.47. The highest BCUT2D eigenvalue weighted by Gasteiger charge is 2.33. The summed E-state index contributed by atoms with van der Waals surface area (Å²) < 4.78 is 5.49. The van der Waals surface area contributed by atoms with Crippen LogP contribution in [0.4, 0.5) is 5.69 Å². The zero-order valence-electron chi connectivity index (χ0n) is 16.2. The second-order valence-corrected chi connectivity index (χ2v) is 7.25. The monoisotopic (exact) mass is 352 g/mol. The molecule has 3 rings (SSSR count). The van der Waals surface area contributed by atoms with Gasteiger partial charge >= 0.3 is 0 Å². The maximum absolute atomic E-state index is 13.1. The van der Waals surface area contributed by atoms with Crippen molar-refractivity contribution in [3.8, 4) is 5.75 Å². The minimum absolute atomic E-state index is 0.0111. The smallest absolute Gasteiger partial charge is 0.244 e. The Hall–Kier alpha value is -2.33. The highest BCUT2D eigenvalue weighted by Crippen LogP contribution is 2.33. The fraction of sp³-hybridized carbons (Fsp3) is 0.409. The molecule has 0 saturated heterocycles. The number of carbonyl (C=O) groups is 1. The molecule has 3 unspecified atom stereocenters. The lowest BCUT2D eigenvalue weighted by atomic mass is 10.0. The van der Waals surface area contributed by atoms with E-state index in [1.165, 1.54) is 11.1 Å². The number of anilines is 1. The molecule has 3 atom stereocenters. The minimum Gasteiger partial charge on any atom is -0.496 e. The molecule has 1 aliphatic rings. The van der Waals surface area contributed by atoms with Gasteiger partial charge in [-0.2, -0.15) is 0 Å². The van der Waals surface area contributed by atoms with Gasteiger partial charge in [-0.1, -0.05) is 35.9 Å². The van der Waals surface area contributed by atoms with Crippen molar-refractivity contribution in [1.82, 2.24) is 5.32 Å². The third-order valence-electron chi connectivity index (χ3n) is 5.17. The predicted octanol–water partition coefficient (Wildman–Crippen LogP) is 4.02. The van der Waals surface area contributed by atoms with Crippen LogP contribution >= 0.6 is 0 Å². The molecule has 2 aromatic rings. The lowest BCUT2D eigenvalue weighted by Crippen LogP contribution is -2.47. The first-order valence-electron chi connectivity index (χ1n) is 9.24. The van der Waals surface area contributed by atoms with Crippen molar-refractivity contribution in [3.63, 3.8) is 0 Å². The van der Waals surface area contributed by atoms with E-state index in [0.717, 1.165) is 23.4 Å². The van der Waals surface area contributed by atoms with E-state index in [4.69, 9.17) is 4.74 Å². The van der Waals surface area contributed by atoms with Crippen molar-refractivity contribution in [2.45, 2.75) is 52.2 Å². The molecule has 0 saturated carbocycles. The van der Waals surface area contributed by atoms with Crippen LogP contribution in [0.25, 0.3) is 0 Å². The average molecular weight is 352 g/mol. The van der Waals surface area contributed by atoms with Crippen molar-refractivity contribution >= 4 is 11.6 Å². The van der Waals surface area contributed by atoms with E-state index in [2.05, 4.69) is 38.2 Å². The van der Waals surface area contributed by atoms with Crippen molar-refractivity contribution in [2.24, 2.45) is 0 Å². The van der Waals surface area contributed by atoms with Crippen LogP contribution in [-0.4, -0.2) is 25.1 Å². The number of methoxy groups -OCH3 is 1. The number of amides is 1. The van der Waals surface area contributed by atoms with Gasteiger partial charge in [-0.15, -0.1) is 0 Å².